The Hall–Kier alpha value is -0.0800. The zero-order valence-electron chi connectivity index (χ0n) is 10.2. The van der Waals surface area contributed by atoms with Crippen molar-refractivity contribution in [3.63, 3.8) is 0 Å². The molecule has 0 aliphatic heterocycles. The first-order valence-electron chi connectivity index (χ1n) is 5.99. The molecule has 0 aromatic rings. The number of nitrogens with zero attached hydrogens (tertiary/aromatic N) is 1. The van der Waals surface area contributed by atoms with E-state index in [1.807, 2.05) is 0 Å². The lowest BCUT2D eigenvalue weighted by Crippen LogP contribution is -2.42. The Morgan fingerprint density at radius 2 is 1.86 bits per heavy atom. The summed E-state index contributed by atoms with van der Waals surface area (Å²) in [6.07, 6.45) is 2.60. The molecule has 2 N–H and O–H groups in total. The van der Waals surface area contributed by atoms with Crippen molar-refractivity contribution in [2.45, 2.75) is 46.6 Å². The standard InChI is InChI=1S/C12H26N2/c1-5-14(6-2)9-10-7-8-12(3,4)11(10)13/h10-11H,5-9,13H2,1-4H3. The summed E-state index contributed by atoms with van der Waals surface area (Å²) >= 11 is 0. The molecule has 0 bridgehead atoms. The first-order chi connectivity index (χ1) is 6.51. The van der Waals surface area contributed by atoms with E-state index in [0.717, 1.165) is 13.1 Å². The van der Waals surface area contributed by atoms with Crippen molar-refractivity contribution < 1.29 is 0 Å². The summed E-state index contributed by atoms with van der Waals surface area (Å²) in [6, 6.07) is 0.392. The molecule has 1 aliphatic rings. The smallest absolute Gasteiger partial charge is 0.0131 e. The Bertz CT molecular complexity index is 173. The van der Waals surface area contributed by atoms with E-state index in [9.17, 15) is 0 Å². The van der Waals surface area contributed by atoms with Gasteiger partial charge < -0.3 is 10.6 Å². The Morgan fingerprint density at radius 1 is 1.29 bits per heavy atom. The van der Waals surface area contributed by atoms with Gasteiger partial charge in [-0.25, -0.2) is 0 Å². The molecule has 2 heteroatoms. The highest BCUT2D eigenvalue weighted by Gasteiger charge is 2.39. The third-order valence-corrected chi connectivity index (χ3v) is 3.96. The van der Waals surface area contributed by atoms with Crippen molar-refractivity contribution in [2.75, 3.05) is 19.6 Å². The molecule has 2 atom stereocenters. The van der Waals surface area contributed by atoms with E-state index in [4.69, 9.17) is 5.73 Å². The van der Waals surface area contributed by atoms with Crippen LogP contribution in [0.3, 0.4) is 0 Å². The molecule has 1 aliphatic carbocycles. The van der Waals surface area contributed by atoms with Gasteiger partial charge in [0.15, 0.2) is 0 Å². The molecule has 84 valence electrons. The summed E-state index contributed by atoms with van der Waals surface area (Å²) < 4.78 is 0. The topological polar surface area (TPSA) is 29.3 Å². The molecule has 0 saturated heterocycles. The first kappa shape index (κ1) is 12.0. The minimum atomic E-state index is 0.359. The number of rotatable bonds is 4. The lowest BCUT2D eigenvalue weighted by molar-refractivity contribution is 0.219. The van der Waals surface area contributed by atoms with E-state index in [-0.39, 0.29) is 0 Å². The van der Waals surface area contributed by atoms with Gasteiger partial charge in [-0.05, 0) is 37.3 Å². The molecule has 2 unspecified atom stereocenters. The van der Waals surface area contributed by atoms with Crippen LogP contribution >= 0.6 is 0 Å². The van der Waals surface area contributed by atoms with Gasteiger partial charge in [0.2, 0.25) is 0 Å². The summed E-state index contributed by atoms with van der Waals surface area (Å²) in [7, 11) is 0. The van der Waals surface area contributed by atoms with Crippen LogP contribution in [0.25, 0.3) is 0 Å². The summed E-state index contributed by atoms with van der Waals surface area (Å²) in [5.41, 5.74) is 6.65. The molecule has 1 fully saturated rings. The summed E-state index contributed by atoms with van der Waals surface area (Å²) in [4.78, 5) is 2.49. The minimum absolute atomic E-state index is 0.359. The van der Waals surface area contributed by atoms with Gasteiger partial charge in [-0.3, -0.25) is 0 Å². The summed E-state index contributed by atoms with van der Waals surface area (Å²) in [6.45, 7) is 12.6. The fourth-order valence-corrected chi connectivity index (χ4v) is 2.56. The minimum Gasteiger partial charge on any atom is -0.327 e. The molecule has 0 amide bonds. The number of nitrogens with two attached hydrogens (primary N) is 1. The van der Waals surface area contributed by atoms with E-state index in [2.05, 4.69) is 32.6 Å². The number of hydrogen-bond donors (Lipinski definition) is 1. The second-order valence-corrected chi connectivity index (χ2v) is 5.30. The van der Waals surface area contributed by atoms with Crippen molar-refractivity contribution in [2.24, 2.45) is 17.1 Å². The molecule has 0 radical (unpaired) electrons. The van der Waals surface area contributed by atoms with Crippen molar-refractivity contribution >= 4 is 0 Å². The number of hydrogen-bond acceptors (Lipinski definition) is 2. The Balaban J connectivity index is 2.47. The molecule has 1 saturated carbocycles. The summed E-state index contributed by atoms with van der Waals surface area (Å²) in [5, 5.41) is 0. The zero-order valence-corrected chi connectivity index (χ0v) is 10.2. The Labute approximate surface area is 88.8 Å². The average Bonchev–Trinajstić information content (AvgIpc) is 2.40. The third kappa shape index (κ3) is 2.48. The van der Waals surface area contributed by atoms with E-state index in [1.165, 1.54) is 19.4 Å². The Kier molecular flexibility index (Phi) is 3.96. The predicted octanol–water partition coefficient (Wildman–Crippen LogP) is 2.09. The SMILES string of the molecule is CCN(CC)CC1CCC(C)(C)C1N. The molecule has 0 heterocycles. The van der Waals surface area contributed by atoms with Crippen LogP contribution in [0.2, 0.25) is 0 Å². The molecule has 0 spiro atoms. The van der Waals surface area contributed by atoms with Crippen LogP contribution in [0.4, 0.5) is 0 Å². The van der Waals surface area contributed by atoms with Crippen LogP contribution in [0.15, 0.2) is 0 Å². The normalized spacial score (nSPS) is 31.3. The van der Waals surface area contributed by atoms with Crippen LogP contribution in [0.5, 0.6) is 0 Å². The maximum absolute atomic E-state index is 6.29. The lowest BCUT2D eigenvalue weighted by atomic mass is 9.85. The highest BCUT2D eigenvalue weighted by atomic mass is 15.1. The molecule has 14 heavy (non-hydrogen) atoms. The maximum Gasteiger partial charge on any atom is 0.0131 e. The predicted molar refractivity (Wildman–Crippen MR) is 62.3 cm³/mol. The fourth-order valence-electron chi connectivity index (χ4n) is 2.56. The van der Waals surface area contributed by atoms with E-state index in [1.54, 1.807) is 0 Å². The van der Waals surface area contributed by atoms with Crippen molar-refractivity contribution in [3.8, 4) is 0 Å². The van der Waals surface area contributed by atoms with Gasteiger partial charge in [-0.1, -0.05) is 27.7 Å². The largest absolute Gasteiger partial charge is 0.327 e. The molecule has 0 aromatic heterocycles. The second kappa shape index (κ2) is 4.63. The van der Waals surface area contributed by atoms with Gasteiger partial charge in [0.25, 0.3) is 0 Å². The molecule has 1 rings (SSSR count). The van der Waals surface area contributed by atoms with Crippen LogP contribution in [0, 0.1) is 11.3 Å². The van der Waals surface area contributed by atoms with Gasteiger partial charge in [0.1, 0.15) is 0 Å². The average molecular weight is 198 g/mol. The van der Waals surface area contributed by atoms with Crippen molar-refractivity contribution in [3.05, 3.63) is 0 Å². The van der Waals surface area contributed by atoms with Crippen molar-refractivity contribution in [1.29, 1.82) is 0 Å². The van der Waals surface area contributed by atoms with Crippen LogP contribution < -0.4 is 5.73 Å². The first-order valence-corrected chi connectivity index (χ1v) is 5.99. The van der Waals surface area contributed by atoms with Gasteiger partial charge in [0.05, 0.1) is 0 Å². The van der Waals surface area contributed by atoms with Gasteiger partial charge in [-0.2, -0.15) is 0 Å². The monoisotopic (exact) mass is 198 g/mol. The highest BCUT2D eigenvalue weighted by molar-refractivity contribution is 4.94. The van der Waals surface area contributed by atoms with Crippen LogP contribution in [0.1, 0.15) is 40.5 Å². The summed E-state index contributed by atoms with van der Waals surface area (Å²) in [5.74, 6) is 0.713. The molecule has 2 nitrogen and oxygen atoms in total. The maximum atomic E-state index is 6.29. The lowest BCUT2D eigenvalue weighted by Gasteiger charge is -2.30. The highest BCUT2D eigenvalue weighted by Crippen LogP contribution is 2.40. The molecule has 0 aromatic carbocycles. The second-order valence-electron chi connectivity index (χ2n) is 5.30. The van der Waals surface area contributed by atoms with E-state index >= 15 is 0 Å². The fraction of sp³-hybridized carbons (Fsp3) is 1.00. The zero-order chi connectivity index (χ0) is 10.8. The van der Waals surface area contributed by atoms with E-state index in [0.29, 0.717) is 17.4 Å². The van der Waals surface area contributed by atoms with E-state index < -0.39 is 0 Å². The van der Waals surface area contributed by atoms with Gasteiger partial charge in [0, 0.05) is 12.6 Å². The van der Waals surface area contributed by atoms with Crippen LogP contribution in [-0.2, 0) is 0 Å². The van der Waals surface area contributed by atoms with Gasteiger partial charge in [-0.15, -0.1) is 0 Å². The van der Waals surface area contributed by atoms with Gasteiger partial charge >= 0.3 is 0 Å². The molecular formula is C12H26N2. The quantitative estimate of drug-likeness (QED) is 0.749. The molecular weight excluding hydrogens is 172 g/mol. The third-order valence-electron chi connectivity index (χ3n) is 3.96. The van der Waals surface area contributed by atoms with Crippen LogP contribution in [-0.4, -0.2) is 30.6 Å². The van der Waals surface area contributed by atoms with Crippen molar-refractivity contribution in [1.82, 2.24) is 4.90 Å². The Morgan fingerprint density at radius 3 is 2.21 bits per heavy atom.